The van der Waals surface area contributed by atoms with Gasteiger partial charge in [-0.15, -0.1) is 0 Å². The molecule has 0 bridgehead atoms. The van der Waals surface area contributed by atoms with Gasteiger partial charge in [-0.25, -0.2) is 4.79 Å². The van der Waals surface area contributed by atoms with Gasteiger partial charge in [-0.3, -0.25) is 0 Å². The third-order valence-electron chi connectivity index (χ3n) is 1.97. The quantitative estimate of drug-likeness (QED) is 0.344. The number of hydrogen-bond acceptors (Lipinski definition) is 3. The number of esters is 1. The molecular formula is C14H13NO2. The number of rotatable bonds is 4. The van der Waals surface area contributed by atoms with E-state index in [-0.39, 0.29) is 12.2 Å². The van der Waals surface area contributed by atoms with Crippen molar-refractivity contribution in [2.75, 3.05) is 6.61 Å². The van der Waals surface area contributed by atoms with Gasteiger partial charge in [0.25, 0.3) is 0 Å². The molecule has 3 nitrogen and oxygen atoms in total. The Kier molecular flexibility index (Phi) is 5.26. The predicted molar refractivity (Wildman–Crippen MR) is 65.8 cm³/mol. The van der Waals surface area contributed by atoms with Crippen molar-refractivity contribution >= 4 is 12.0 Å². The molecule has 0 aliphatic carbocycles. The molecule has 0 fully saturated rings. The minimum absolute atomic E-state index is 0.000897. The van der Waals surface area contributed by atoms with E-state index in [0.717, 1.165) is 5.56 Å². The zero-order valence-electron chi connectivity index (χ0n) is 9.59. The third-order valence-corrected chi connectivity index (χ3v) is 1.97. The highest BCUT2D eigenvalue weighted by molar-refractivity contribution is 5.93. The number of allylic oxidation sites excluding steroid dienone is 2. The second kappa shape index (κ2) is 7.02. The fraction of sp³-hybridized carbons (Fsp3) is 0.143. The van der Waals surface area contributed by atoms with E-state index in [1.807, 2.05) is 42.5 Å². The summed E-state index contributed by atoms with van der Waals surface area (Å²) < 4.78 is 4.73. The van der Waals surface area contributed by atoms with Crippen LogP contribution in [-0.2, 0) is 9.53 Å². The molecule has 0 spiro atoms. The van der Waals surface area contributed by atoms with E-state index in [2.05, 4.69) is 0 Å². The zero-order valence-corrected chi connectivity index (χ0v) is 9.59. The van der Waals surface area contributed by atoms with Gasteiger partial charge in [0, 0.05) is 0 Å². The van der Waals surface area contributed by atoms with Gasteiger partial charge in [-0.2, -0.15) is 5.26 Å². The van der Waals surface area contributed by atoms with Crippen molar-refractivity contribution in [3.05, 3.63) is 53.6 Å². The van der Waals surface area contributed by atoms with Crippen molar-refractivity contribution in [3.63, 3.8) is 0 Å². The number of ether oxygens (including phenoxy) is 1. The molecule has 1 aromatic carbocycles. The van der Waals surface area contributed by atoms with E-state index in [9.17, 15) is 4.79 Å². The highest BCUT2D eigenvalue weighted by atomic mass is 16.5. The van der Waals surface area contributed by atoms with Gasteiger partial charge in [-0.05, 0) is 18.6 Å². The maximum Gasteiger partial charge on any atom is 0.348 e. The van der Waals surface area contributed by atoms with Crippen LogP contribution in [0.25, 0.3) is 6.08 Å². The Bertz CT molecular complexity index is 467. The van der Waals surface area contributed by atoms with Crippen molar-refractivity contribution < 1.29 is 9.53 Å². The van der Waals surface area contributed by atoms with E-state index in [1.54, 1.807) is 13.0 Å². The minimum Gasteiger partial charge on any atom is -0.462 e. The van der Waals surface area contributed by atoms with Crippen molar-refractivity contribution in [2.24, 2.45) is 0 Å². The summed E-state index contributed by atoms with van der Waals surface area (Å²) in [4.78, 5) is 11.3. The molecule has 0 aliphatic rings. The van der Waals surface area contributed by atoms with Crippen molar-refractivity contribution in [3.8, 4) is 6.07 Å². The first-order valence-corrected chi connectivity index (χ1v) is 5.28. The van der Waals surface area contributed by atoms with Crippen LogP contribution in [0.1, 0.15) is 12.5 Å². The molecule has 86 valence electrons. The summed E-state index contributed by atoms with van der Waals surface area (Å²) in [5, 5.41) is 8.77. The van der Waals surface area contributed by atoms with Gasteiger partial charge in [0.2, 0.25) is 0 Å². The van der Waals surface area contributed by atoms with Crippen molar-refractivity contribution in [1.82, 2.24) is 0 Å². The fourth-order valence-corrected chi connectivity index (χ4v) is 1.18. The standard InChI is InChI=1S/C14H13NO2/c1-2-17-14(16)13(11-15)10-6-9-12-7-4-3-5-8-12/h3-10H,2H2,1H3/b9-6-,13-10+. The summed E-state index contributed by atoms with van der Waals surface area (Å²) in [6.07, 6.45) is 4.92. The van der Waals surface area contributed by atoms with Crippen LogP contribution in [0.4, 0.5) is 0 Å². The SMILES string of the molecule is CCOC(=O)/C(C#N)=C/C=C\c1ccccc1. The number of nitrogens with zero attached hydrogens (tertiary/aromatic N) is 1. The third kappa shape index (κ3) is 4.35. The maximum atomic E-state index is 11.3. The first-order chi connectivity index (χ1) is 8.27. The van der Waals surface area contributed by atoms with Gasteiger partial charge < -0.3 is 4.74 Å². The maximum absolute atomic E-state index is 11.3. The molecular weight excluding hydrogens is 214 g/mol. The Hall–Kier alpha value is -2.34. The molecule has 1 aromatic rings. The Labute approximate surface area is 101 Å². The van der Waals surface area contributed by atoms with Crippen molar-refractivity contribution in [2.45, 2.75) is 6.92 Å². The molecule has 0 saturated carbocycles. The number of carbonyl (C=O) groups is 1. The Morgan fingerprint density at radius 2 is 2.12 bits per heavy atom. The normalized spacial score (nSPS) is 11.2. The van der Waals surface area contributed by atoms with E-state index in [4.69, 9.17) is 10.00 Å². The van der Waals surface area contributed by atoms with Crippen molar-refractivity contribution in [1.29, 1.82) is 5.26 Å². The van der Waals surface area contributed by atoms with Crippen LogP contribution < -0.4 is 0 Å². The molecule has 17 heavy (non-hydrogen) atoms. The lowest BCUT2D eigenvalue weighted by atomic mass is 10.2. The lowest BCUT2D eigenvalue weighted by molar-refractivity contribution is -0.138. The van der Waals surface area contributed by atoms with Gasteiger partial charge in [0.15, 0.2) is 0 Å². The molecule has 0 aromatic heterocycles. The molecule has 3 heteroatoms. The van der Waals surface area contributed by atoms with Crippen LogP contribution in [0, 0.1) is 11.3 Å². The Balaban J connectivity index is 2.72. The summed E-state index contributed by atoms with van der Waals surface area (Å²) in [7, 11) is 0. The van der Waals surface area contributed by atoms with E-state index >= 15 is 0 Å². The monoisotopic (exact) mass is 227 g/mol. The lowest BCUT2D eigenvalue weighted by Crippen LogP contribution is -2.05. The first-order valence-electron chi connectivity index (χ1n) is 5.28. The van der Waals surface area contributed by atoms with Crippen LogP contribution in [0.3, 0.4) is 0 Å². The van der Waals surface area contributed by atoms with Crippen LogP contribution in [-0.4, -0.2) is 12.6 Å². The van der Waals surface area contributed by atoms with E-state index in [0.29, 0.717) is 0 Å². The first kappa shape index (κ1) is 12.7. The molecule has 0 amide bonds. The summed E-state index contributed by atoms with van der Waals surface area (Å²) >= 11 is 0. The largest absolute Gasteiger partial charge is 0.462 e. The molecule has 0 aliphatic heterocycles. The minimum atomic E-state index is -0.590. The summed E-state index contributed by atoms with van der Waals surface area (Å²) in [5.41, 5.74) is 1.00. The molecule has 1 rings (SSSR count). The Morgan fingerprint density at radius 1 is 1.41 bits per heavy atom. The molecule has 0 unspecified atom stereocenters. The van der Waals surface area contributed by atoms with Gasteiger partial charge in [-0.1, -0.05) is 42.5 Å². The van der Waals surface area contributed by atoms with Crippen LogP contribution in [0.2, 0.25) is 0 Å². The second-order valence-electron chi connectivity index (χ2n) is 3.18. The molecule has 0 saturated heterocycles. The average Bonchev–Trinajstić information content (AvgIpc) is 2.36. The van der Waals surface area contributed by atoms with E-state index < -0.39 is 5.97 Å². The predicted octanol–water partition coefficient (Wildman–Crippen LogP) is 2.71. The lowest BCUT2D eigenvalue weighted by Gasteiger charge is -1.97. The van der Waals surface area contributed by atoms with Crippen LogP contribution in [0.5, 0.6) is 0 Å². The van der Waals surface area contributed by atoms with Crippen LogP contribution in [0.15, 0.2) is 48.1 Å². The van der Waals surface area contributed by atoms with Gasteiger partial charge >= 0.3 is 5.97 Å². The summed E-state index contributed by atoms with van der Waals surface area (Å²) in [6.45, 7) is 1.97. The van der Waals surface area contributed by atoms with Gasteiger partial charge in [0.1, 0.15) is 11.6 Å². The summed E-state index contributed by atoms with van der Waals surface area (Å²) in [6, 6.07) is 11.4. The molecule has 0 atom stereocenters. The number of hydrogen-bond donors (Lipinski definition) is 0. The van der Waals surface area contributed by atoms with Crippen LogP contribution >= 0.6 is 0 Å². The average molecular weight is 227 g/mol. The zero-order chi connectivity index (χ0) is 12.5. The molecule has 0 radical (unpaired) electrons. The fourth-order valence-electron chi connectivity index (χ4n) is 1.18. The highest BCUT2D eigenvalue weighted by Crippen LogP contribution is 2.03. The number of benzene rings is 1. The topological polar surface area (TPSA) is 50.1 Å². The number of carbonyl (C=O) groups excluding carboxylic acids is 1. The Morgan fingerprint density at radius 3 is 2.71 bits per heavy atom. The molecule has 0 N–H and O–H groups in total. The second-order valence-corrected chi connectivity index (χ2v) is 3.18. The van der Waals surface area contributed by atoms with Gasteiger partial charge in [0.05, 0.1) is 6.61 Å². The summed E-state index contributed by atoms with van der Waals surface area (Å²) in [5.74, 6) is -0.590. The van der Waals surface area contributed by atoms with E-state index in [1.165, 1.54) is 6.08 Å². The molecule has 0 heterocycles. The number of nitriles is 1. The smallest absolute Gasteiger partial charge is 0.348 e. The highest BCUT2D eigenvalue weighted by Gasteiger charge is 2.07.